The average molecular weight is 359 g/mol. The van der Waals surface area contributed by atoms with Crippen molar-refractivity contribution in [3.63, 3.8) is 0 Å². The van der Waals surface area contributed by atoms with Crippen LogP contribution in [0.25, 0.3) is 21.0 Å². The molecular formula is C16H13N3O5S. The smallest absolute Gasteiger partial charge is 0.375 e. The van der Waals surface area contributed by atoms with Crippen LogP contribution in [0.3, 0.4) is 0 Å². The fourth-order valence-corrected chi connectivity index (χ4v) is 2.96. The Morgan fingerprint density at radius 3 is 2.72 bits per heavy atom. The van der Waals surface area contributed by atoms with E-state index in [1.54, 1.807) is 6.07 Å². The van der Waals surface area contributed by atoms with Gasteiger partial charge in [0.1, 0.15) is 0 Å². The number of nitrogens with zero attached hydrogens (tertiary/aromatic N) is 1. The molecule has 0 saturated carbocycles. The predicted molar refractivity (Wildman–Crippen MR) is 89.9 cm³/mol. The zero-order valence-electron chi connectivity index (χ0n) is 13.0. The van der Waals surface area contributed by atoms with Gasteiger partial charge in [-0.05, 0) is 31.2 Å². The van der Waals surface area contributed by atoms with Crippen LogP contribution in [-0.2, 0) is 9.53 Å². The number of fused-ring (bicyclic) bond motifs is 1. The van der Waals surface area contributed by atoms with E-state index in [1.807, 2.05) is 29.6 Å². The van der Waals surface area contributed by atoms with E-state index in [9.17, 15) is 14.4 Å². The van der Waals surface area contributed by atoms with Gasteiger partial charge in [0.05, 0.1) is 10.2 Å². The standard InChI is InChI=1S/C16H13N3O5S/c1-8(13(20)19-16(17)22)23-15(21)11-7-6-10(24-11)14-18-9-4-2-3-5-12(9)25-14/h2-8H,1H3,(H3,17,19,20,22)/t8-/m1/s1. The number of amides is 3. The second kappa shape index (κ2) is 6.73. The lowest BCUT2D eigenvalue weighted by Crippen LogP contribution is -2.42. The summed E-state index contributed by atoms with van der Waals surface area (Å²) in [5.74, 6) is -1.31. The normalized spacial score (nSPS) is 11.9. The molecule has 0 aliphatic carbocycles. The van der Waals surface area contributed by atoms with Gasteiger partial charge >= 0.3 is 12.0 Å². The Balaban J connectivity index is 1.73. The zero-order valence-corrected chi connectivity index (χ0v) is 13.8. The lowest BCUT2D eigenvalue weighted by atomic mass is 10.3. The fraction of sp³-hybridized carbons (Fsp3) is 0.125. The van der Waals surface area contributed by atoms with E-state index in [-0.39, 0.29) is 5.76 Å². The number of rotatable bonds is 4. The number of hydrogen-bond acceptors (Lipinski definition) is 7. The monoisotopic (exact) mass is 359 g/mol. The van der Waals surface area contributed by atoms with Gasteiger partial charge in [0, 0.05) is 0 Å². The van der Waals surface area contributed by atoms with Gasteiger partial charge in [-0.25, -0.2) is 14.6 Å². The second-order valence-corrected chi connectivity index (χ2v) is 6.08. The summed E-state index contributed by atoms with van der Waals surface area (Å²) in [6.45, 7) is 1.31. The number of benzene rings is 1. The van der Waals surface area contributed by atoms with Crippen LogP contribution in [-0.4, -0.2) is 29.0 Å². The highest BCUT2D eigenvalue weighted by molar-refractivity contribution is 7.21. The molecular weight excluding hydrogens is 346 g/mol. The zero-order chi connectivity index (χ0) is 18.0. The number of hydrogen-bond donors (Lipinski definition) is 2. The van der Waals surface area contributed by atoms with Crippen molar-refractivity contribution in [2.45, 2.75) is 13.0 Å². The highest BCUT2D eigenvalue weighted by Gasteiger charge is 2.22. The SMILES string of the molecule is C[C@@H](OC(=O)c1ccc(-c2nc3ccccc3s2)o1)C(=O)NC(N)=O. The first-order valence-electron chi connectivity index (χ1n) is 7.21. The molecule has 25 heavy (non-hydrogen) atoms. The molecule has 3 aromatic rings. The van der Waals surface area contributed by atoms with E-state index < -0.39 is 24.0 Å². The second-order valence-electron chi connectivity index (χ2n) is 5.05. The third kappa shape index (κ3) is 3.66. The number of ether oxygens (including phenoxy) is 1. The molecule has 3 rings (SSSR count). The summed E-state index contributed by atoms with van der Waals surface area (Å²) in [4.78, 5) is 38.6. The van der Waals surface area contributed by atoms with Gasteiger partial charge < -0.3 is 14.9 Å². The Hall–Kier alpha value is -3.20. The van der Waals surface area contributed by atoms with Crippen LogP contribution in [0.5, 0.6) is 0 Å². The number of esters is 1. The first-order chi connectivity index (χ1) is 11.9. The molecule has 0 saturated heterocycles. The molecule has 0 fully saturated rings. The van der Waals surface area contributed by atoms with Gasteiger partial charge in [-0.3, -0.25) is 10.1 Å². The summed E-state index contributed by atoms with van der Waals surface area (Å²) < 4.78 is 11.4. The minimum absolute atomic E-state index is 0.0759. The van der Waals surface area contributed by atoms with Crippen LogP contribution >= 0.6 is 11.3 Å². The van der Waals surface area contributed by atoms with Crippen molar-refractivity contribution in [1.29, 1.82) is 0 Å². The van der Waals surface area contributed by atoms with Crippen LogP contribution < -0.4 is 11.1 Å². The van der Waals surface area contributed by atoms with E-state index >= 15 is 0 Å². The molecule has 2 aromatic heterocycles. The van der Waals surface area contributed by atoms with Crippen LogP contribution in [0.1, 0.15) is 17.5 Å². The summed E-state index contributed by atoms with van der Waals surface area (Å²) in [5, 5.41) is 2.45. The molecule has 0 radical (unpaired) electrons. The number of nitrogens with one attached hydrogen (secondary N) is 1. The molecule has 0 spiro atoms. The number of aromatic nitrogens is 1. The van der Waals surface area contributed by atoms with Crippen LogP contribution in [0.2, 0.25) is 0 Å². The molecule has 3 amide bonds. The highest BCUT2D eigenvalue weighted by atomic mass is 32.1. The van der Waals surface area contributed by atoms with E-state index in [0.29, 0.717) is 10.8 Å². The molecule has 8 nitrogen and oxygen atoms in total. The summed E-state index contributed by atoms with van der Waals surface area (Å²) in [7, 11) is 0. The van der Waals surface area contributed by atoms with Crippen molar-refractivity contribution in [3.8, 4) is 10.8 Å². The van der Waals surface area contributed by atoms with Crippen LogP contribution in [0.15, 0.2) is 40.8 Å². The van der Waals surface area contributed by atoms with Crippen molar-refractivity contribution in [2.75, 3.05) is 0 Å². The van der Waals surface area contributed by atoms with Crippen molar-refractivity contribution < 1.29 is 23.5 Å². The van der Waals surface area contributed by atoms with E-state index in [4.69, 9.17) is 14.9 Å². The molecule has 2 heterocycles. The molecule has 0 bridgehead atoms. The van der Waals surface area contributed by atoms with Crippen LogP contribution in [0.4, 0.5) is 4.79 Å². The quantitative estimate of drug-likeness (QED) is 0.689. The third-order valence-electron chi connectivity index (χ3n) is 3.21. The first kappa shape index (κ1) is 16.7. The molecule has 3 N–H and O–H groups in total. The number of carbonyl (C=O) groups excluding carboxylic acids is 3. The van der Waals surface area contributed by atoms with E-state index in [0.717, 1.165) is 10.2 Å². The van der Waals surface area contributed by atoms with Gasteiger partial charge in [0.25, 0.3) is 5.91 Å². The minimum atomic E-state index is -1.20. The molecule has 1 aromatic carbocycles. The van der Waals surface area contributed by atoms with E-state index in [1.165, 1.54) is 24.3 Å². The Morgan fingerprint density at radius 1 is 1.24 bits per heavy atom. The Kier molecular flexibility index (Phi) is 4.48. The van der Waals surface area contributed by atoms with Gasteiger partial charge in [0.15, 0.2) is 16.9 Å². The van der Waals surface area contributed by atoms with Crippen molar-refractivity contribution in [2.24, 2.45) is 5.73 Å². The van der Waals surface area contributed by atoms with E-state index in [2.05, 4.69) is 4.98 Å². The molecule has 0 unspecified atom stereocenters. The summed E-state index contributed by atoms with van der Waals surface area (Å²) in [6.07, 6.45) is -1.20. The molecule has 128 valence electrons. The minimum Gasteiger partial charge on any atom is -0.447 e. The molecule has 1 atom stereocenters. The lowest BCUT2D eigenvalue weighted by molar-refractivity contribution is -0.127. The number of thiazole rings is 1. The maximum absolute atomic E-state index is 12.0. The Labute approximate surface area is 145 Å². The van der Waals surface area contributed by atoms with Crippen molar-refractivity contribution >= 4 is 39.5 Å². The van der Waals surface area contributed by atoms with Crippen molar-refractivity contribution in [1.82, 2.24) is 10.3 Å². The maximum Gasteiger partial charge on any atom is 0.375 e. The number of primary amides is 1. The topological polar surface area (TPSA) is 125 Å². The molecule has 9 heteroatoms. The summed E-state index contributed by atoms with van der Waals surface area (Å²) in [5.41, 5.74) is 5.67. The summed E-state index contributed by atoms with van der Waals surface area (Å²) >= 11 is 1.43. The van der Waals surface area contributed by atoms with Gasteiger partial charge in [-0.2, -0.15) is 0 Å². The number of carbonyl (C=O) groups is 3. The lowest BCUT2D eigenvalue weighted by Gasteiger charge is -2.10. The number of para-hydroxylation sites is 1. The molecule has 0 aliphatic rings. The number of furan rings is 1. The number of urea groups is 1. The van der Waals surface area contributed by atoms with Crippen LogP contribution in [0, 0.1) is 0 Å². The maximum atomic E-state index is 12.0. The Bertz CT molecular complexity index is 928. The van der Waals surface area contributed by atoms with Gasteiger partial charge in [-0.15, -0.1) is 11.3 Å². The summed E-state index contributed by atoms with van der Waals surface area (Å²) in [6, 6.07) is 9.62. The van der Waals surface area contributed by atoms with Gasteiger partial charge in [-0.1, -0.05) is 12.1 Å². The average Bonchev–Trinajstić information content (AvgIpc) is 3.20. The fourth-order valence-electron chi connectivity index (χ4n) is 2.04. The first-order valence-corrected chi connectivity index (χ1v) is 8.03. The number of nitrogens with two attached hydrogens (primary N) is 1. The molecule has 0 aliphatic heterocycles. The Morgan fingerprint density at radius 2 is 2.00 bits per heavy atom. The number of imide groups is 1. The highest BCUT2D eigenvalue weighted by Crippen LogP contribution is 2.31. The largest absolute Gasteiger partial charge is 0.447 e. The van der Waals surface area contributed by atoms with Gasteiger partial charge in [0.2, 0.25) is 5.76 Å². The third-order valence-corrected chi connectivity index (χ3v) is 4.26. The predicted octanol–water partition coefficient (Wildman–Crippen LogP) is 2.30. The van der Waals surface area contributed by atoms with Crippen molar-refractivity contribution in [3.05, 3.63) is 42.2 Å².